The van der Waals surface area contributed by atoms with Crippen LogP contribution in [-0.2, 0) is 4.74 Å². The average molecular weight is 263 g/mol. The van der Waals surface area contributed by atoms with Crippen molar-refractivity contribution in [3.05, 3.63) is 23.9 Å². The molecule has 19 heavy (non-hydrogen) atoms. The van der Waals surface area contributed by atoms with E-state index < -0.39 is 0 Å². The number of nitrogens with one attached hydrogen (secondary N) is 1. The molecule has 0 spiro atoms. The molecular weight excluding hydrogens is 242 g/mol. The van der Waals surface area contributed by atoms with Gasteiger partial charge in [-0.1, -0.05) is 6.92 Å². The van der Waals surface area contributed by atoms with Crippen molar-refractivity contribution in [1.29, 1.82) is 0 Å². The van der Waals surface area contributed by atoms with E-state index in [2.05, 4.69) is 17.2 Å². The van der Waals surface area contributed by atoms with Crippen molar-refractivity contribution >= 4 is 11.7 Å². The molecule has 1 atom stereocenters. The second-order valence-corrected chi connectivity index (χ2v) is 4.75. The maximum atomic E-state index is 12.3. The van der Waals surface area contributed by atoms with Gasteiger partial charge in [-0.15, -0.1) is 0 Å². The minimum absolute atomic E-state index is 0.0569. The summed E-state index contributed by atoms with van der Waals surface area (Å²) in [6.45, 7) is 4.39. The first-order valence-corrected chi connectivity index (χ1v) is 6.76. The van der Waals surface area contributed by atoms with Gasteiger partial charge in [-0.2, -0.15) is 0 Å². The van der Waals surface area contributed by atoms with Crippen LogP contribution in [0.3, 0.4) is 0 Å². The summed E-state index contributed by atoms with van der Waals surface area (Å²) in [5.74, 6) is 0.816. The standard InChI is InChI=1S/C14H21N3O2/c1-3-6-15-13-9-11(4-7-16-13)14(18)17-8-5-12(10-17)19-2/h4,7,9,12H,3,5-6,8,10H2,1-2H3,(H,15,16). The first-order chi connectivity index (χ1) is 9.24. The molecule has 1 amide bonds. The average Bonchev–Trinajstić information content (AvgIpc) is 2.93. The lowest BCUT2D eigenvalue weighted by molar-refractivity contribution is 0.0724. The van der Waals surface area contributed by atoms with E-state index in [9.17, 15) is 4.79 Å². The molecule has 0 aromatic carbocycles. The van der Waals surface area contributed by atoms with Crippen molar-refractivity contribution in [1.82, 2.24) is 9.88 Å². The Labute approximate surface area is 114 Å². The number of likely N-dealkylation sites (tertiary alicyclic amines) is 1. The number of hydrogen-bond donors (Lipinski definition) is 1. The van der Waals surface area contributed by atoms with Crippen LogP contribution in [0.5, 0.6) is 0 Å². The summed E-state index contributed by atoms with van der Waals surface area (Å²) in [7, 11) is 1.69. The van der Waals surface area contributed by atoms with Gasteiger partial charge in [0.2, 0.25) is 0 Å². The number of anilines is 1. The van der Waals surface area contributed by atoms with E-state index in [0.717, 1.165) is 31.7 Å². The summed E-state index contributed by atoms with van der Waals surface area (Å²) < 4.78 is 5.29. The highest BCUT2D eigenvalue weighted by molar-refractivity contribution is 5.95. The monoisotopic (exact) mass is 263 g/mol. The third kappa shape index (κ3) is 3.44. The number of pyridine rings is 1. The van der Waals surface area contributed by atoms with Gasteiger partial charge in [-0.25, -0.2) is 4.98 Å². The van der Waals surface area contributed by atoms with Crippen LogP contribution in [0.25, 0.3) is 0 Å². The minimum Gasteiger partial charge on any atom is -0.380 e. The van der Waals surface area contributed by atoms with Gasteiger partial charge in [0.1, 0.15) is 5.82 Å². The third-order valence-electron chi connectivity index (χ3n) is 3.33. The van der Waals surface area contributed by atoms with Gasteiger partial charge in [0.15, 0.2) is 0 Å². The summed E-state index contributed by atoms with van der Waals surface area (Å²) in [5, 5.41) is 3.19. The number of aromatic nitrogens is 1. The van der Waals surface area contributed by atoms with E-state index >= 15 is 0 Å². The first-order valence-electron chi connectivity index (χ1n) is 6.76. The molecule has 1 aliphatic heterocycles. The minimum atomic E-state index is 0.0569. The molecule has 0 aliphatic carbocycles. The Morgan fingerprint density at radius 3 is 3.16 bits per heavy atom. The summed E-state index contributed by atoms with van der Waals surface area (Å²) in [4.78, 5) is 18.4. The van der Waals surface area contributed by atoms with Crippen molar-refractivity contribution in [2.24, 2.45) is 0 Å². The van der Waals surface area contributed by atoms with E-state index in [1.54, 1.807) is 19.4 Å². The van der Waals surface area contributed by atoms with Crippen LogP contribution < -0.4 is 5.32 Å². The van der Waals surface area contributed by atoms with Gasteiger partial charge in [0.05, 0.1) is 6.10 Å². The number of hydrogen-bond acceptors (Lipinski definition) is 4. The highest BCUT2D eigenvalue weighted by Crippen LogP contribution is 2.16. The van der Waals surface area contributed by atoms with Gasteiger partial charge in [0, 0.05) is 38.5 Å². The lowest BCUT2D eigenvalue weighted by atomic mass is 10.2. The van der Waals surface area contributed by atoms with Crippen molar-refractivity contribution < 1.29 is 9.53 Å². The Bertz CT molecular complexity index is 436. The lowest BCUT2D eigenvalue weighted by Gasteiger charge is -2.16. The van der Waals surface area contributed by atoms with Crippen LogP contribution in [0.4, 0.5) is 5.82 Å². The molecule has 0 saturated carbocycles. The third-order valence-corrected chi connectivity index (χ3v) is 3.33. The van der Waals surface area contributed by atoms with Gasteiger partial charge < -0.3 is 15.0 Å². The van der Waals surface area contributed by atoms with Crippen molar-refractivity contribution in [2.45, 2.75) is 25.9 Å². The fraction of sp³-hybridized carbons (Fsp3) is 0.571. The van der Waals surface area contributed by atoms with E-state index in [1.165, 1.54) is 0 Å². The highest BCUT2D eigenvalue weighted by Gasteiger charge is 2.26. The summed E-state index contributed by atoms with van der Waals surface area (Å²) in [5.41, 5.74) is 0.686. The smallest absolute Gasteiger partial charge is 0.254 e. The van der Waals surface area contributed by atoms with Gasteiger partial charge >= 0.3 is 0 Å². The molecule has 1 aromatic heterocycles. The van der Waals surface area contributed by atoms with E-state index in [1.807, 2.05) is 11.0 Å². The molecule has 1 unspecified atom stereocenters. The molecule has 104 valence electrons. The zero-order valence-corrected chi connectivity index (χ0v) is 11.6. The summed E-state index contributed by atoms with van der Waals surface area (Å²) in [6, 6.07) is 3.58. The Kier molecular flexibility index (Phi) is 4.74. The molecule has 2 heterocycles. The molecule has 1 fully saturated rings. The molecule has 5 nitrogen and oxygen atoms in total. The molecule has 0 bridgehead atoms. The van der Waals surface area contributed by atoms with Crippen LogP contribution in [0.2, 0.25) is 0 Å². The Hall–Kier alpha value is -1.62. The number of ether oxygens (including phenoxy) is 1. The predicted octanol–water partition coefficient (Wildman–Crippen LogP) is 1.76. The molecule has 2 rings (SSSR count). The second-order valence-electron chi connectivity index (χ2n) is 4.75. The molecule has 1 aromatic rings. The molecule has 1 saturated heterocycles. The number of carbonyl (C=O) groups excluding carboxylic acids is 1. The van der Waals surface area contributed by atoms with Crippen LogP contribution >= 0.6 is 0 Å². The lowest BCUT2D eigenvalue weighted by Crippen LogP contribution is -2.30. The normalized spacial score (nSPS) is 18.6. The van der Waals surface area contributed by atoms with Gasteiger partial charge in [0.25, 0.3) is 5.91 Å². The van der Waals surface area contributed by atoms with E-state index in [4.69, 9.17) is 4.74 Å². The Morgan fingerprint density at radius 1 is 1.63 bits per heavy atom. The number of carbonyl (C=O) groups is 1. The zero-order valence-electron chi connectivity index (χ0n) is 11.6. The van der Waals surface area contributed by atoms with Crippen molar-refractivity contribution in [3.8, 4) is 0 Å². The largest absolute Gasteiger partial charge is 0.380 e. The SMILES string of the molecule is CCCNc1cc(C(=O)N2CCC(OC)C2)ccn1. The maximum absolute atomic E-state index is 12.3. The number of amides is 1. The van der Waals surface area contributed by atoms with E-state index in [-0.39, 0.29) is 12.0 Å². The summed E-state index contributed by atoms with van der Waals surface area (Å²) >= 11 is 0. The highest BCUT2D eigenvalue weighted by atomic mass is 16.5. The first kappa shape index (κ1) is 13.8. The number of rotatable bonds is 5. The topological polar surface area (TPSA) is 54.5 Å². The molecule has 1 aliphatic rings. The van der Waals surface area contributed by atoms with Crippen LogP contribution in [0.15, 0.2) is 18.3 Å². The van der Waals surface area contributed by atoms with Crippen LogP contribution in [0.1, 0.15) is 30.1 Å². The molecule has 0 radical (unpaired) electrons. The molecule has 1 N–H and O–H groups in total. The Balaban J connectivity index is 2.02. The number of nitrogens with zero attached hydrogens (tertiary/aromatic N) is 2. The van der Waals surface area contributed by atoms with Crippen LogP contribution in [0, 0.1) is 0 Å². The van der Waals surface area contributed by atoms with Crippen molar-refractivity contribution in [2.75, 3.05) is 32.1 Å². The zero-order chi connectivity index (χ0) is 13.7. The summed E-state index contributed by atoms with van der Waals surface area (Å²) in [6.07, 6.45) is 3.79. The fourth-order valence-corrected chi connectivity index (χ4v) is 2.20. The van der Waals surface area contributed by atoms with Gasteiger partial charge in [-0.3, -0.25) is 4.79 Å². The quantitative estimate of drug-likeness (QED) is 0.879. The van der Waals surface area contributed by atoms with Crippen molar-refractivity contribution in [3.63, 3.8) is 0 Å². The maximum Gasteiger partial charge on any atom is 0.254 e. The second kappa shape index (κ2) is 6.52. The molecule has 5 heteroatoms. The van der Waals surface area contributed by atoms with Crippen LogP contribution in [-0.4, -0.2) is 48.6 Å². The predicted molar refractivity (Wildman–Crippen MR) is 74.3 cm³/mol. The Morgan fingerprint density at radius 2 is 2.47 bits per heavy atom. The van der Waals surface area contributed by atoms with Gasteiger partial charge in [-0.05, 0) is 25.0 Å². The number of methoxy groups -OCH3 is 1. The fourth-order valence-electron chi connectivity index (χ4n) is 2.20. The van der Waals surface area contributed by atoms with E-state index in [0.29, 0.717) is 12.1 Å². The molecular formula is C14H21N3O2.